The van der Waals surface area contributed by atoms with E-state index in [-0.39, 0.29) is 6.10 Å². The van der Waals surface area contributed by atoms with Crippen LogP contribution in [-0.2, 0) is 0 Å². The van der Waals surface area contributed by atoms with E-state index in [0.29, 0.717) is 22.3 Å². The Labute approximate surface area is 123 Å². The van der Waals surface area contributed by atoms with Gasteiger partial charge in [0.15, 0.2) is 0 Å². The minimum Gasteiger partial charge on any atom is -0.484 e. The van der Waals surface area contributed by atoms with Crippen LogP contribution in [0.4, 0.5) is 0 Å². The van der Waals surface area contributed by atoms with E-state index in [9.17, 15) is 0 Å². The quantitative estimate of drug-likeness (QED) is 0.908. The number of hydrogen-bond acceptors (Lipinski definition) is 2. The average molecular weight is 296 g/mol. The second-order valence-electron chi connectivity index (χ2n) is 4.33. The van der Waals surface area contributed by atoms with Gasteiger partial charge < -0.3 is 10.5 Å². The van der Waals surface area contributed by atoms with Gasteiger partial charge in [0.05, 0.1) is 10.0 Å². The van der Waals surface area contributed by atoms with Crippen molar-refractivity contribution in [2.24, 2.45) is 5.73 Å². The molecule has 1 atom stereocenters. The molecule has 0 radical (unpaired) electrons. The molecule has 0 fully saturated rings. The predicted molar refractivity (Wildman–Crippen MR) is 80.1 cm³/mol. The lowest BCUT2D eigenvalue weighted by molar-refractivity contribution is 0.214. The second-order valence-corrected chi connectivity index (χ2v) is 5.14. The highest BCUT2D eigenvalue weighted by Crippen LogP contribution is 2.29. The summed E-state index contributed by atoms with van der Waals surface area (Å²) in [5, 5.41) is 0.979. The van der Waals surface area contributed by atoms with Crippen LogP contribution in [-0.4, -0.2) is 6.54 Å². The molecular weight excluding hydrogens is 281 g/mol. The van der Waals surface area contributed by atoms with Crippen molar-refractivity contribution in [3.8, 4) is 5.75 Å². The lowest BCUT2D eigenvalue weighted by atomic mass is 10.1. The first-order valence-electron chi connectivity index (χ1n) is 5.98. The molecule has 100 valence electrons. The van der Waals surface area contributed by atoms with Gasteiger partial charge in [-0.3, -0.25) is 0 Å². The van der Waals surface area contributed by atoms with Gasteiger partial charge in [-0.05, 0) is 24.6 Å². The zero-order valence-electron chi connectivity index (χ0n) is 10.6. The fraction of sp³-hybridized carbons (Fsp3) is 0.200. The van der Waals surface area contributed by atoms with Gasteiger partial charge in [-0.2, -0.15) is 0 Å². The maximum atomic E-state index is 5.96. The lowest BCUT2D eigenvalue weighted by Gasteiger charge is -2.18. The van der Waals surface area contributed by atoms with Crippen LogP contribution in [0.5, 0.6) is 5.75 Å². The zero-order chi connectivity index (χ0) is 13.8. The summed E-state index contributed by atoms with van der Waals surface area (Å²) in [6, 6.07) is 13.3. The Balaban J connectivity index is 2.18. The molecule has 2 aromatic rings. The minimum absolute atomic E-state index is 0.196. The van der Waals surface area contributed by atoms with Crippen LogP contribution in [0.15, 0.2) is 42.5 Å². The number of nitrogens with two attached hydrogens (primary N) is 1. The topological polar surface area (TPSA) is 35.2 Å². The molecule has 0 aromatic heterocycles. The first-order valence-corrected chi connectivity index (χ1v) is 6.74. The Hall–Kier alpha value is -1.22. The van der Waals surface area contributed by atoms with E-state index in [0.717, 1.165) is 5.56 Å². The van der Waals surface area contributed by atoms with Crippen LogP contribution in [0.2, 0.25) is 10.0 Å². The van der Waals surface area contributed by atoms with Crippen LogP contribution in [0.3, 0.4) is 0 Å². The van der Waals surface area contributed by atoms with Gasteiger partial charge in [0.25, 0.3) is 0 Å². The molecule has 1 unspecified atom stereocenters. The van der Waals surface area contributed by atoms with Crippen molar-refractivity contribution >= 4 is 23.2 Å². The summed E-state index contributed by atoms with van der Waals surface area (Å²) in [4.78, 5) is 0. The summed E-state index contributed by atoms with van der Waals surface area (Å²) in [5.74, 6) is 0.658. The van der Waals surface area contributed by atoms with Crippen LogP contribution in [0.1, 0.15) is 17.2 Å². The highest BCUT2D eigenvalue weighted by atomic mass is 35.5. The molecule has 0 aliphatic heterocycles. The third kappa shape index (κ3) is 3.63. The zero-order valence-corrected chi connectivity index (χ0v) is 12.1. The van der Waals surface area contributed by atoms with Crippen molar-refractivity contribution in [3.63, 3.8) is 0 Å². The normalized spacial score (nSPS) is 12.2. The van der Waals surface area contributed by atoms with Gasteiger partial charge in [0, 0.05) is 12.6 Å². The largest absolute Gasteiger partial charge is 0.484 e. The van der Waals surface area contributed by atoms with E-state index in [1.54, 1.807) is 18.2 Å². The molecule has 2 nitrogen and oxygen atoms in total. The number of rotatable bonds is 4. The van der Waals surface area contributed by atoms with Gasteiger partial charge >= 0.3 is 0 Å². The number of aryl methyl sites for hydroxylation is 1. The smallest absolute Gasteiger partial charge is 0.136 e. The summed E-state index contributed by atoms with van der Waals surface area (Å²) in [5.41, 5.74) is 8.02. The lowest BCUT2D eigenvalue weighted by Crippen LogP contribution is -2.18. The van der Waals surface area contributed by atoms with Gasteiger partial charge in [-0.25, -0.2) is 0 Å². The number of ether oxygens (including phenoxy) is 1. The van der Waals surface area contributed by atoms with E-state index in [4.69, 9.17) is 33.7 Å². The molecule has 2 rings (SSSR count). The number of halogens is 2. The van der Waals surface area contributed by atoms with Crippen molar-refractivity contribution in [2.45, 2.75) is 13.0 Å². The van der Waals surface area contributed by atoms with Crippen molar-refractivity contribution in [1.29, 1.82) is 0 Å². The standard InChI is InChI=1S/C15H15Cl2NO/c1-10-2-4-11(5-3-10)15(9-18)19-12-6-7-13(16)14(17)8-12/h2-8,15H,9,18H2,1H3. The molecule has 0 saturated carbocycles. The predicted octanol–water partition coefficient (Wildman–Crippen LogP) is 4.38. The molecule has 2 aromatic carbocycles. The first kappa shape index (κ1) is 14.2. The summed E-state index contributed by atoms with van der Waals surface area (Å²) < 4.78 is 5.86. The van der Waals surface area contributed by atoms with E-state index in [2.05, 4.69) is 0 Å². The van der Waals surface area contributed by atoms with Crippen molar-refractivity contribution in [1.82, 2.24) is 0 Å². The maximum Gasteiger partial charge on any atom is 0.136 e. The SMILES string of the molecule is Cc1ccc(C(CN)Oc2ccc(Cl)c(Cl)c2)cc1. The van der Waals surface area contributed by atoms with Crippen molar-refractivity contribution < 1.29 is 4.74 Å². The molecule has 19 heavy (non-hydrogen) atoms. The molecule has 0 aliphatic carbocycles. The van der Waals surface area contributed by atoms with Gasteiger partial charge in [-0.15, -0.1) is 0 Å². The van der Waals surface area contributed by atoms with Gasteiger partial charge in [0.2, 0.25) is 0 Å². The Morgan fingerprint density at radius 2 is 1.74 bits per heavy atom. The molecule has 0 bridgehead atoms. The van der Waals surface area contributed by atoms with Crippen molar-refractivity contribution in [3.05, 3.63) is 63.6 Å². The second kappa shape index (κ2) is 6.29. The summed E-state index contributed by atoms with van der Waals surface area (Å²) >= 11 is 11.8. The number of benzene rings is 2. The third-order valence-corrected chi connectivity index (χ3v) is 3.57. The Morgan fingerprint density at radius 3 is 2.32 bits per heavy atom. The van der Waals surface area contributed by atoms with Crippen LogP contribution < -0.4 is 10.5 Å². The summed E-state index contributed by atoms with van der Waals surface area (Å²) in [6.45, 7) is 2.43. The van der Waals surface area contributed by atoms with Crippen LogP contribution >= 0.6 is 23.2 Å². The fourth-order valence-electron chi connectivity index (χ4n) is 1.75. The molecular formula is C15H15Cl2NO. The molecule has 2 N–H and O–H groups in total. The van der Waals surface area contributed by atoms with E-state index in [1.165, 1.54) is 5.56 Å². The molecule has 0 aliphatic rings. The first-order chi connectivity index (χ1) is 9.10. The Bertz CT molecular complexity index is 555. The molecule has 0 spiro atoms. The molecule has 4 heteroatoms. The monoisotopic (exact) mass is 295 g/mol. The highest BCUT2D eigenvalue weighted by molar-refractivity contribution is 6.42. The van der Waals surface area contributed by atoms with Crippen LogP contribution in [0.25, 0.3) is 0 Å². The van der Waals surface area contributed by atoms with Gasteiger partial charge in [-0.1, -0.05) is 53.0 Å². The highest BCUT2D eigenvalue weighted by Gasteiger charge is 2.12. The van der Waals surface area contributed by atoms with E-state index < -0.39 is 0 Å². The molecule has 0 heterocycles. The third-order valence-electron chi connectivity index (χ3n) is 2.83. The summed E-state index contributed by atoms with van der Waals surface area (Å²) in [6.07, 6.45) is -0.196. The van der Waals surface area contributed by atoms with E-state index in [1.807, 2.05) is 31.2 Å². The Morgan fingerprint density at radius 1 is 1.05 bits per heavy atom. The summed E-state index contributed by atoms with van der Waals surface area (Å²) in [7, 11) is 0. The van der Waals surface area contributed by atoms with Crippen molar-refractivity contribution in [2.75, 3.05) is 6.54 Å². The average Bonchev–Trinajstić information content (AvgIpc) is 2.41. The molecule has 0 saturated heterocycles. The molecule has 0 amide bonds. The minimum atomic E-state index is -0.196. The maximum absolute atomic E-state index is 5.96. The van der Waals surface area contributed by atoms with E-state index >= 15 is 0 Å². The number of hydrogen-bond donors (Lipinski definition) is 1. The fourth-order valence-corrected chi connectivity index (χ4v) is 2.04. The van der Waals surface area contributed by atoms with Gasteiger partial charge in [0.1, 0.15) is 11.9 Å². The van der Waals surface area contributed by atoms with Crippen LogP contribution in [0, 0.1) is 6.92 Å². The Kier molecular flexibility index (Phi) is 4.70.